The highest BCUT2D eigenvalue weighted by Crippen LogP contribution is 2.34. The molecule has 3 atom stereocenters. The third-order valence-corrected chi connectivity index (χ3v) is 5.78. The first kappa shape index (κ1) is 14.1. The number of benzene rings is 1. The molecule has 1 N–H and O–H groups in total. The van der Waals surface area contributed by atoms with Crippen LogP contribution in [0.5, 0.6) is 0 Å². The molecule has 1 unspecified atom stereocenters. The summed E-state index contributed by atoms with van der Waals surface area (Å²) < 4.78 is 0. The Morgan fingerprint density at radius 3 is 2.68 bits per heavy atom. The Balaban J connectivity index is 1.45. The average molecular weight is 299 g/mol. The van der Waals surface area contributed by atoms with Crippen LogP contribution in [-0.4, -0.2) is 42.6 Å². The summed E-state index contributed by atoms with van der Waals surface area (Å²) in [7, 11) is 2.24. The SMILES string of the molecule is CN1[C@@H]2CC[C@H]1CC(NC(=O)N1CCCc3ccccc31)C2. The van der Waals surface area contributed by atoms with E-state index in [-0.39, 0.29) is 6.03 Å². The van der Waals surface area contributed by atoms with Gasteiger partial charge in [-0.15, -0.1) is 0 Å². The van der Waals surface area contributed by atoms with Gasteiger partial charge in [0.1, 0.15) is 0 Å². The molecule has 4 nitrogen and oxygen atoms in total. The van der Waals surface area contributed by atoms with Crippen LogP contribution in [0.4, 0.5) is 10.5 Å². The topological polar surface area (TPSA) is 35.6 Å². The van der Waals surface area contributed by atoms with Crippen molar-refractivity contribution in [3.63, 3.8) is 0 Å². The summed E-state index contributed by atoms with van der Waals surface area (Å²) in [6.45, 7) is 0.836. The number of para-hydroxylation sites is 1. The molecule has 2 saturated heterocycles. The van der Waals surface area contributed by atoms with Crippen LogP contribution in [0, 0.1) is 0 Å². The number of rotatable bonds is 1. The predicted octanol–water partition coefficient (Wildman–Crippen LogP) is 2.77. The maximum Gasteiger partial charge on any atom is 0.322 e. The zero-order valence-corrected chi connectivity index (χ0v) is 13.3. The first-order valence-corrected chi connectivity index (χ1v) is 8.60. The van der Waals surface area contributed by atoms with Gasteiger partial charge in [-0.05, 0) is 57.2 Å². The number of piperidine rings is 1. The van der Waals surface area contributed by atoms with E-state index >= 15 is 0 Å². The van der Waals surface area contributed by atoms with Crippen LogP contribution < -0.4 is 10.2 Å². The molecule has 118 valence electrons. The number of carbonyl (C=O) groups excluding carboxylic acids is 1. The zero-order chi connectivity index (χ0) is 15.1. The van der Waals surface area contributed by atoms with E-state index in [1.165, 1.54) is 18.4 Å². The van der Waals surface area contributed by atoms with Gasteiger partial charge in [-0.1, -0.05) is 18.2 Å². The second kappa shape index (κ2) is 5.58. The molecule has 3 aliphatic heterocycles. The monoisotopic (exact) mass is 299 g/mol. The number of carbonyl (C=O) groups is 1. The van der Waals surface area contributed by atoms with Gasteiger partial charge in [-0.2, -0.15) is 0 Å². The van der Waals surface area contributed by atoms with E-state index in [4.69, 9.17) is 0 Å². The lowest BCUT2D eigenvalue weighted by molar-refractivity contribution is 0.150. The zero-order valence-electron chi connectivity index (χ0n) is 13.3. The van der Waals surface area contributed by atoms with Crippen molar-refractivity contribution in [2.24, 2.45) is 0 Å². The van der Waals surface area contributed by atoms with Crippen LogP contribution in [0.15, 0.2) is 24.3 Å². The highest BCUT2D eigenvalue weighted by atomic mass is 16.2. The van der Waals surface area contributed by atoms with Gasteiger partial charge in [0.25, 0.3) is 0 Å². The van der Waals surface area contributed by atoms with Crippen molar-refractivity contribution in [3.05, 3.63) is 29.8 Å². The number of amides is 2. The minimum Gasteiger partial charge on any atom is -0.335 e. The summed E-state index contributed by atoms with van der Waals surface area (Å²) in [5, 5.41) is 3.31. The van der Waals surface area contributed by atoms with Gasteiger partial charge in [0.15, 0.2) is 0 Å². The molecule has 1 aromatic carbocycles. The summed E-state index contributed by atoms with van der Waals surface area (Å²) in [5.74, 6) is 0. The largest absolute Gasteiger partial charge is 0.335 e. The number of anilines is 1. The van der Waals surface area contributed by atoms with Gasteiger partial charge in [-0.25, -0.2) is 4.79 Å². The minimum absolute atomic E-state index is 0.0982. The van der Waals surface area contributed by atoms with Crippen molar-refractivity contribution in [3.8, 4) is 0 Å². The van der Waals surface area contributed by atoms with E-state index in [1.54, 1.807) is 0 Å². The van der Waals surface area contributed by atoms with Gasteiger partial charge >= 0.3 is 6.03 Å². The quantitative estimate of drug-likeness (QED) is 0.865. The van der Waals surface area contributed by atoms with Crippen molar-refractivity contribution in [1.29, 1.82) is 0 Å². The smallest absolute Gasteiger partial charge is 0.322 e. The lowest BCUT2D eigenvalue weighted by atomic mass is 9.98. The molecule has 22 heavy (non-hydrogen) atoms. The van der Waals surface area contributed by atoms with E-state index in [2.05, 4.69) is 35.5 Å². The van der Waals surface area contributed by atoms with Gasteiger partial charge in [0.2, 0.25) is 0 Å². The second-order valence-electron chi connectivity index (χ2n) is 7.05. The lowest BCUT2D eigenvalue weighted by Gasteiger charge is -2.38. The Morgan fingerprint density at radius 2 is 1.91 bits per heavy atom. The molecular formula is C18H25N3O. The molecule has 4 heteroatoms. The predicted molar refractivity (Wildman–Crippen MR) is 88.2 cm³/mol. The Hall–Kier alpha value is -1.55. The molecule has 0 radical (unpaired) electrons. The van der Waals surface area contributed by atoms with E-state index in [1.807, 2.05) is 11.0 Å². The third kappa shape index (κ3) is 2.39. The van der Waals surface area contributed by atoms with Crippen molar-refractivity contribution >= 4 is 11.7 Å². The molecule has 3 heterocycles. The van der Waals surface area contributed by atoms with Crippen LogP contribution in [0.1, 0.15) is 37.7 Å². The van der Waals surface area contributed by atoms with E-state index < -0.39 is 0 Å². The Labute approximate surface area is 132 Å². The number of urea groups is 1. The van der Waals surface area contributed by atoms with Crippen molar-refractivity contribution in [2.45, 2.75) is 56.7 Å². The molecule has 1 aromatic rings. The normalized spacial score (nSPS) is 31.0. The first-order chi connectivity index (χ1) is 10.7. The fourth-order valence-corrected chi connectivity index (χ4v) is 4.53. The molecule has 0 saturated carbocycles. The van der Waals surface area contributed by atoms with E-state index in [0.717, 1.165) is 37.9 Å². The second-order valence-corrected chi connectivity index (χ2v) is 7.05. The number of nitrogens with one attached hydrogen (secondary N) is 1. The summed E-state index contributed by atoms with van der Waals surface area (Å²) in [6.07, 6.45) is 6.93. The number of hydrogen-bond donors (Lipinski definition) is 1. The first-order valence-electron chi connectivity index (χ1n) is 8.60. The summed E-state index contributed by atoms with van der Waals surface area (Å²) >= 11 is 0. The highest BCUT2D eigenvalue weighted by Gasteiger charge is 2.39. The van der Waals surface area contributed by atoms with Crippen molar-refractivity contribution < 1.29 is 4.79 Å². The van der Waals surface area contributed by atoms with Crippen LogP contribution in [0.3, 0.4) is 0 Å². The summed E-state index contributed by atoms with van der Waals surface area (Å²) in [6, 6.07) is 10.1. The molecule has 0 spiro atoms. The van der Waals surface area contributed by atoms with Gasteiger partial charge < -0.3 is 10.2 Å². The van der Waals surface area contributed by atoms with Gasteiger partial charge in [0.05, 0.1) is 0 Å². The molecule has 2 amide bonds. The highest BCUT2D eigenvalue weighted by molar-refractivity contribution is 5.93. The minimum atomic E-state index is 0.0982. The van der Waals surface area contributed by atoms with Crippen molar-refractivity contribution in [1.82, 2.24) is 10.2 Å². The van der Waals surface area contributed by atoms with Crippen molar-refractivity contribution in [2.75, 3.05) is 18.5 Å². The summed E-state index contributed by atoms with van der Waals surface area (Å²) in [5.41, 5.74) is 2.40. The van der Waals surface area contributed by atoms with Gasteiger partial charge in [0, 0.05) is 30.4 Å². The maximum absolute atomic E-state index is 12.7. The van der Waals surface area contributed by atoms with Crippen LogP contribution in [0.25, 0.3) is 0 Å². The number of aryl methyl sites for hydroxylation is 1. The molecule has 0 aliphatic carbocycles. The standard InChI is InChI=1S/C18H25N3O/c1-20-15-8-9-16(20)12-14(11-15)19-18(22)21-10-4-6-13-5-2-3-7-17(13)21/h2-3,5,7,14-16H,4,6,8-12H2,1H3,(H,19,22)/t14?,15-,16+. The molecule has 4 rings (SSSR count). The Morgan fingerprint density at radius 1 is 1.18 bits per heavy atom. The Kier molecular flexibility index (Phi) is 3.57. The fraction of sp³-hybridized carbons (Fsp3) is 0.611. The van der Waals surface area contributed by atoms with Crippen LogP contribution in [0.2, 0.25) is 0 Å². The summed E-state index contributed by atoms with van der Waals surface area (Å²) in [4.78, 5) is 17.2. The molecule has 0 aromatic heterocycles. The molecule has 2 fully saturated rings. The lowest BCUT2D eigenvalue weighted by Crippen LogP contribution is -2.52. The van der Waals surface area contributed by atoms with Gasteiger partial charge in [-0.3, -0.25) is 4.90 Å². The number of fused-ring (bicyclic) bond motifs is 3. The van der Waals surface area contributed by atoms with Crippen LogP contribution >= 0.6 is 0 Å². The maximum atomic E-state index is 12.7. The van der Waals surface area contributed by atoms with E-state index in [0.29, 0.717) is 18.1 Å². The van der Waals surface area contributed by atoms with Crippen LogP contribution in [-0.2, 0) is 6.42 Å². The third-order valence-electron chi connectivity index (χ3n) is 5.78. The number of hydrogen-bond acceptors (Lipinski definition) is 2. The number of nitrogens with zero attached hydrogens (tertiary/aromatic N) is 2. The Bertz CT molecular complexity index is 559. The average Bonchev–Trinajstić information content (AvgIpc) is 2.75. The van der Waals surface area contributed by atoms with E-state index in [9.17, 15) is 4.79 Å². The molecule has 3 aliphatic rings. The molecular weight excluding hydrogens is 274 g/mol. The molecule has 2 bridgehead atoms. The fourth-order valence-electron chi connectivity index (χ4n) is 4.53.